The molecule has 0 unspecified atom stereocenters. The number of pyridine rings is 1. The number of fused-ring (bicyclic) bond motifs is 2. The lowest BCUT2D eigenvalue weighted by atomic mass is 10.1. The van der Waals surface area contributed by atoms with Gasteiger partial charge in [0.25, 0.3) is 11.7 Å². The highest BCUT2D eigenvalue weighted by molar-refractivity contribution is 6.52. The Morgan fingerprint density at radius 3 is 2.84 bits per heavy atom. The van der Waals surface area contributed by atoms with E-state index in [4.69, 9.17) is 11.6 Å². The second kappa shape index (κ2) is 8.39. The van der Waals surface area contributed by atoms with Crippen molar-refractivity contribution in [3.8, 4) is 0 Å². The summed E-state index contributed by atoms with van der Waals surface area (Å²) in [5, 5.41) is 13.4. The summed E-state index contributed by atoms with van der Waals surface area (Å²) >= 11 is 6.05. The van der Waals surface area contributed by atoms with Gasteiger partial charge in [-0.2, -0.15) is 0 Å². The van der Waals surface area contributed by atoms with Crippen LogP contribution in [-0.4, -0.2) is 38.2 Å². The van der Waals surface area contributed by atoms with Crippen LogP contribution in [0.5, 0.6) is 0 Å². The number of aromatic nitrogens is 4. The van der Waals surface area contributed by atoms with Crippen molar-refractivity contribution >= 4 is 45.6 Å². The van der Waals surface area contributed by atoms with Gasteiger partial charge in [0.2, 0.25) is 0 Å². The number of carbonyl (C=O) groups excluding carboxylic acids is 2. The van der Waals surface area contributed by atoms with Crippen molar-refractivity contribution in [3.05, 3.63) is 77.2 Å². The lowest BCUT2D eigenvalue weighted by Gasteiger charge is -2.14. The minimum atomic E-state index is -0.532. The molecule has 9 heteroatoms. The Bertz CT molecular complexity index is 1340. The fourth-order valence-electron chi connectivity index (χ4n) is 3.83. The maximum Gasteiger partial charge on any atom is 0.299 e. The highest BCUT2D eigenvalue weighted by atomic mass is 35.5. The fourth-order valence-corrected chi connectivity index (χ4v) is 3.99. The van der Waals surface area contributed by atoms with E-state index in [1.54, 1.807) is 29.1 Å². The topological polar surface area (TPSA) is 93.0 Å². The fraction of sp³-hybridized carbons (Fsp3) is 0.174. The SMILES string of the molecule is O=C1C(=O)N(Cc2cn(CCCNc3ccnc4cc(Cl)ccc34)nn2)c2ccccc21. The number of ketones is 1. The number of rotatable bonds is 7. The number of nitrogens with zero attached hydrogens (tertiary/aromatic N) is 5. The molecule has 0 saturated carbocycles. The molecule has 1 aliphatic heterocycles. The van der Waals surface area contributed by atoms with Gasteiger partial charge in [-0.3, -0.25) is 24.2 Å². The molecule has 1 aliphatic rings. The molecular formula is C23H19ClN6O2. The van der Waals surface area contributed by atoms with Crippen molar-refractivity contribution in [3.63, 3.8) is 0 Å². The molecule has 32 heavy (non-hydrogen) atoms. The molecule has 5 rings (SSSR count). The van der Waals surface area contributed by atoms with Gasteiger partial charge in [-0.25, -0.2) is 0 Å². The number of Topliss-reactive ketones (excluding diaryl/α,β-unsaturated/α-hetero) is 1. The highest BCUT2D eigenvalue weighted by Gasteiger charge is 2.35. The molecule has 2 aromatic heterocycles. The van der Waals surface area contributed by atoms with Crippen LogP contribution in [0.2, 0.25) is 5.02 Å². The van der Waals surface area contributed by atoms with E-state index in [9.17, 15) is 9.59 Å². The standard InChI is InChI=1S/C23H19ClN6O2/c24-15-6-7-17-19(8-10-26-20(17)12-15)25-9-3-11-29-13-16(27-28-29)14-30-21-5-2-1-4-18(21)22(31)23(30)32/h1-2,4-8,10,12-13H,3,9,11,14H2,(H,25,26). The number of amides is 1. The zero-order chi connectivity index (χ0) is 22.1. The number of hydrogen-bond acceptors (Lipinski definition) is 6. The van der Waals surface area contributed by atoms with Gasteiger partial charge in [0.05, 0.1) is 29.5 Å². The number of nitrogens with one attached hydrogen (secondary N) is 1. The lowest BCUT2D eigenvalue weighted by Crippen LogP contribution is -2.29. The summed E-state index contributed by atoms with van der Waals surface area (Å²) < 4.78 is 1.75. The van der Waals surface area contributed by atoms with Crippen LogP contribution >= 0.6 is 11.6 Å². The predicted molar refractivity (Wildman–Crippen MR) is 122 cm³/mol. The van der Waals surface area contributed by atoms with Crippen LogP contribution in [0, 0.1) is 0 Å². The molecule has 0 fully saturated rings. The summed E-state index contributed by atoms with van der Waals surface area (Å²) in [6.45, 7) is 1.62. The van der Waals surface area contributed by atoms with E-state index < -0.39 is 11.7 Å². The first-order valence-electron chi connectivity index (χ1n) is 10.2. The van der Waals surface area contributed by atoms with Crippen LogP contribution in [0.15, 0.2) is 60.9 Å². The third-order valence-electron chi connectivity index (χ3n) is 5.37. The van der Waals surface area contributed by atoms with E-state index in [-0.39, 0.29) is 6.54 Å². The highest BCUT2D eigenvalue weighted by Crippen LogP contribution is 2.29. The van der Waals surface area contributed by atoms with Crippen molar-refractivity contribution in [2.45, 2.75) is 19.5 Å². The van der Waals surface area contributed by atoms with Gasteiger partial charge < -0.3 is 5.32 Å². The van der Waals surface area contributed by atoms with E-state index in [1.807, 2.05) is 36.5 Å². The quantitative estimate of drug-likeness (QED) is 0.343. The Morgan fingerprint density at radius 2 is 1.94 bits per heavy atom. The zero-order valence-electron chi connectivity index (χ0n) is 17.0. The number of aryl methyl sites for hydroxylation is 1. The van der Waals surface area contributed by atoms with Crippen LogP contribution in [0.25, 0.3) is 10.9 Å². The first-order valence-corrected chi connectivity index (χ1v) is 10.6. The molecule has 2 aromatic carbocycles. The van der Waals surface area contributed by atoms with Gasteiger partial charge >= 0.3 is 0 Å². The molecule has 3 heterocycles. The van der Waals surface area contributed by atoms with Gasteiger partial charge in [-0.05, 0) is 42.8 Å². The predicted octanol–water partition coefficient (Wildman–Crippen LogP) is 3.71. The molecule has 0 bridgehead atoms. The third-order valence-corrected chi connectivity index (χ3v) is 5.60. The van der Waals surface area contributed by atoms with Crippen LogP contribution < -0.4 is 10.2 Å². The molecule has 1 N–H and O–H groups in total. The van der Waals surface area contributed by atoms with Gasteiger partial charge in [0, 0.05) is 35.4 Å². The molecular weight excluding hydrogens is 428 g/mol. The largest absolute Gasteiger partial charge is 0.384 e. The molecule has 0 spiro atoms. The number of anilines is 2. The van der Waals surface area contributed by atoms with Crippen LogP contribution in [0.1, 0.15) is 22.5 Å². The molecule has 0 saturated heterocycles. The molecule has 0 radical (unpaired) electrons. The number of hydrogen-bond donors (Lipinski definition) is 1. The molecule has 0 atom stereocenters. The van der Waals surface area contributed by atoms with E-state index in [1.165, 1.54) is 4.90 Å². The second-order valence-corrected chi connectivity index (χ2v) is 7.95. The maximum atomic E-state index is 12.3. The summed E-state index contributed by atoms with van der Waals surface area (Å²) in [5.74, 6) is -1.01. The summed E-state index contributed by atoms with van der Waals surface area (Å²) in [6.07, 6.45) is 4.39. The monoisotopic (exact) mass is 446 g/mol. The minimum absolute atomic E-state index is 0.214. The molecule has 160 valence electrons. The van der Waals surface area contributed by atoms with E-state index in [0.717, 1.165) is 29.6 Å². The Kier molecular flexibility index (Phi) is 5.28. The summed E-state index contributed by atoms with van der Waals surface area (Å²) in [7, 11) is 0. The van der Waals surface area contributed by atoms with Crippen LogP contribution in [0.3, 0.4) is 0 Å². The Hall–Kier alpha value is -3.78. The average Bonchev–Trinajstić information content (AvgIpc) is 3.35. The summed E-state index contributed by atoms with van der Waals surface area (Å²) in [5.41, 5.74) is 3.53. The zero-order valence-corrected chi connectivity index (χ0v) is 17.8. The first-order chi connectivity index (χ1) is 15.6. The molecule has 8 nitrogen and oxygen atoms in total. The minimum Gasteiger partial charge on any atom is -0.384 e. The van der Waals surface area contributed by atoms with Gasteiger partial charge in [-0.1, -0.05) is 28.9 Å². The average molecular weight is 447 g/mol. The van der Waals surface area contributed by atoms with Crippen molar-refractivity contribution in [2.24, 2.45) is 0 Å². The Labute approximate surface area is 188 Å². The lowest BCUT2D eigenvalue weighted by molar-refractivity contribution is -0.114. The number of halogens is 1. The molecule has 0 aliphatic carbocycles. The van der Waals surface area contributed by atoms with Crippen LogP contribution in [0.4, 0.5) is 11.4 Å². The summed E-state index contributed by atoms with van der Waals surface area (Å²) in [4.78, 5) is 30.3. The maximum absolute atomic E-state index is 12.3. The first kappa shape index (κ1) is 20.1. The van der Waals surface area contributed by atoms with E-state index in [0.29, 0.717) is 28.5 Å². The smallest absolute Gasteiger partial charge is 0.299 e. The van der Waals surface area contributed by atoms with E-state index in [2.05, 4.69) is 20.6 Å². The molecule has 1 amide bonds. The van der Waals surface area contributed by atoms with Gasteiger partial charge in [0.1, 0.15) is 5.69 Å². The van der Waals surface area contributed by atoms with Crippen molar-refractivity contribution < 1.29 is 9.59 Å². The normalized spacial score (nSPS) is 13.1. The number of carbonyl (C=O) groups is 2. The second-order valence-electron chi connectivity index (χ2n) is 7.51. The summed E-state index contributed by atoms with van der Waals surface area (Å²) in [6, 6.07) is 14.6. The van der Waals surface area contributed by atoms with Crippen molar-refractivity contribution in [1.29, 1.82) is 0 Å². The van der Waals surface area contributed by atoms with Crippen molar-refractivity contribution in [2.75, 3.05) is 16.8 Å². The number of benzene rings is 2. The van der Waals surface area contributed by atoms with Gasteiger partial charge in [-0.15, -0.1) is 5.10 Å². The van der Waals surface area contributed by atoms with Crippen LogP contribution in [-0.2, 0) is 17.9 Å². The molecule has 4 aromatic rings. The Morgan fingerprint density at radius 1 is 1.06 bits per heavy atom. The van der Waals surface area contributed by atoms with Crippen molar-refractivity contribution in [1.82, 2.24) is 20.0 Å². The number of para-hydroxylation sites is 1. The van der Waals surface area contributed by atoms with Gasteiger partial charge in [0.15, 0.2) is 0 Å². The van der Waals surface area contributed by atoms with E-state index >= 15 is 0 Å². The Balaban J connectivity index is 1.18. The third kappa shape index (κ3) is 3.80.